The lowest BCUT2D eigenvalue weighted by Gasteiger charge is -2.29. The van der Waals surface area contributed by atoms with Crippen molar-refractivity contribution in [3.05, 3.63) is 179 Å². The summed E-state index contributed by atoms with van der Waals surface area (Å²) in [6.07, 6.45) is 0. The van der Waals surface area contributed by atoms with E-state index in [0.29, 0.717) is 0 Å². The van der Waals surface area contributed by atoms with E-state index in [1.807, 2.05) is 0 Å². The fraction of sp³-hybridized carbons (Fsp3) is 0.120. The predicted octanol–water partition coefficient (Wildman–Crippen LogP) is 11.6. The van der Waals surface area contributed by atoms with E-state index in [2.05, 4.69) is 192 Å². The van der Waals surface area contributed by atoms with Gasteiger partial charge in [-0.05, 0) is 106 Å². The van der Waals surface area contributed by atoms with Crippen molar-refractivity contribution in [2.24, 2.45) is 0 Å². The van der Waals surface area contributed by atoms with Crippen molar-refractivity contribution >= 4 is 61.7 Å². The Kier molecular flexibility index (Phi) is 7.97. The molecule has 1 aliphatic rings. The first-order chi connectivity index (χ1) is 25.7. The molecule has 0 spiro atoms. The van der Waals surface area contributed by atoms with Gasteiger partial charge in [0.25, 0.3) is 0 Å². The van der Waals surface area contributed by atoms with Gasteiger partial charge in [0.2, 0.25) is 6.71 Å². The molecule has 0 aliphatic carbocycles. The van der Waals surface area contributed by atoms with Crippen LogP contribution in [0.1, 0.15) is 33.4 Å². The summed E-state index contributed by atoms with van der Waals surface area (Å²) in [5.41, 5.74) is 17.6. The van der Waals surface area contributed by atoms with Crippen LogP contribution in [-0.2, 0) is 0 Å². The van der Waals surface area contributed by atoms with Crippen LogP contribution in [0.15, 0.2) is 146 Å². The zero-order valence-corrected chi connectivity index (χ0v) is 31.3. The maximum atomic E-state index is 6.93. The zero-order valence-electron chi connectivity index (χ0n) is 31.3. The van der Waals surface area contributed by atoms with Gasteiger partial charge in [-0.3, -0.25) is 0 Å². The van der Waals surface area contributed by atoms with Gasteiger partial charge in [-0.25, -0.2) is 0 Å². The van der Waals surface area contributed by atoms with Gasteiger partial charge in [-0.15, -0.1) is 0 Å². The molecule has 0 saturated carbocycles. The van der Waals surface area contributed by atoms with Gasteiger partial charge < -0.3 is 9.64 Å². The fourth-order valence-corrected chi connectivity index (χ4v) is 9.12. The predicted molar refractivity (Wildman–Crippen MR) is 228 cm³/mol. The van der Waals surface area contributed by atoms with Crippen molar-refractivity contribution in [3.8, 4) is 22.6 Å². The van der Waals surface area contributed by atoms with Gasteiger partial charge in [0.15, 0.2) is 0 Å². The van der Waals surface area contributed by atoms with Crippen molar-refractivity contribution in [2.45, 2.75) is 41.5 Å². The lowest BCUT2D eigenvalue weighted by Crippen LogP contribution is -2.56. The summed E-state index contributed by atoms with van der Waals surface area (Å²) in [5.74, 6) is 1.76. The summed E-state index contributed by atoms with van der Waals surface area (Å²) in [5, 5.41) is 4.85. The monoisotopic (exact) mass is 683 g/mol. The number of aryl methyl sites for hydroxylation is 6. The van der Waals surface area contributed by atoms with Crippen molar-refractivity contribution in [2.75, 3.05) is 4.90 Å². The van der Waals surface area contributed by atoms with Gasteiger partial charge in [-0.2, -0.15) is 0 Å². The fourth-order valence-electron chi connectivity index (χ4n) is 9.12. The van der Waals surface area contributed by atoms with Crippen molar-refractivity contribution in [1.82, 2.24) is 0 Å². The SMILES string of the molecule is Cc1cc(C)c(B(c2c(C)cc(C)cc2C)c2ccc3c4c(cccc24)Oc2cc(N(c4ccccc4)c4ccc5ccccc5c4)ccc2-3)c(C)c1. The van der Waals surface area contributed by atoms with Gasteiger partial charge in [0.05, 0.1) is 0 Å². The number of hydrogen-bond acceptors (Lipinski definition) is 2. The molecule has 3 heteroatoms. The van der Waals surface area contributed by atoms with E-state index in [9.17, 15) is 0 Å². The first kappa shape index (κ1) is 32.8. The quantitative estimate of drug-likeness (QED) is 0.162. The van der Waals surface area contributed by atoms with Crippen molar-refractivity contribution in [3.63, 3.8) is 0 Å². The molecular formula is C50H42BNO. The molecule has 0 unspecified atom stereocenters. The van der Waals surface area contributed by atoms with Crippen LogP contribution in [0, 0.1) is 41.5 Å². The highest BCUT2D eigenvalue weighted by Crippen LogP contribution is 2.48. The third-order valence-corrected chi connectivity index (χ3v) is 11.1. The number of hydrogen-bond donors (Lipinski definition) is 0. The first-order valence-electron chi connectivity index (χ1n) is 18.6. The molecule has 1 heterocycles. The van der Waals surface area contributed by atoms with Crippen LogP contribution in [0.2, 0.25) is 0 Å². The second-order valence-corrected chi connectivity index (χ2v) is 14.9. The molecule has 0 atom stereocenters. The standard InChI is InChI=1S/C50H42BNO/c1-31-25-33(3)49(34(4)26-31)51(50-35(5)27-32(2)28-36(50)6)45-24-23-43-42-22-21-41(30-47(42)53-46-18-12-17-44(45)48(43)46)52(39-15-8-7-9-16-39)40-20-19-37-13-10-11-14-38(37)29-40/h7-30H,1-6H3. The minimum atomic E-state index is 0.0747. The van der Waals surface area contributed by atoms with Crippen LogP contribution in [0.3, 0.4) is 0 Å². The Hall–Kier alpha value is -6.06. The molecule has 0 bridgehead atoms. The molecule has 1 aliphatic heterocycles. The van der Waals surface area contributed by atoms with Crippen LogP contribution in [-0.4, -0.2) is 6.71 Å². The Labute approximate surface area is 313 Å². The lowest BCUT2D eigenvalue weighted by molar-refractivity contribution is 0.487. The van der Waals surface area contributed by atoms with E-state index in [1.165, 1.54) is 76.9 Å². The van der Waals surface area contributed by atoms with Crippen molar-refractivity contribution < 1.29 is 4.74 Å². The molecule has 9 rings (SSSR count). The maximum Gasteiger partial charge on any atom is 0.243 e. The molecule has 0 aromatic heterocycles. The molecule has 8 aromatic carbocycles. The first-order valence-corrected chi connectivity index (χ1v) is 18.6. The summed E-state index contributed by atoms with van der Waals surface area (Å²) in [7, 11) is 0. The highest BCUT2D eigenvalue weighted by Gasteiger charge is 2.32. The highest BCUT2D eigenvalue weighted by atomic mass is 16.5. The molecule has 53 heavy (non-hydrogen) atoms. The van der Waals surface area contributed by atoms with E-state index in [4.69, 9.17) is 4.74 Å². The molecule has 0 radical (unpaired) electrons. The normalized spacial score (nSPS) is 11.7. The summed E-state index contributed by atoms with van der Waals surface area (Å²) in [4.78, 5) is 2.32. The molecule has 0 amide bonds. The smallest absolute Gasteiger partial charge is 0.243 e. The summed E-state index contributed by atoms with van der Waals surface area (Å²) < 4.78 is 6.93. The minimum Gasteiger partial charge on any atom is -0.456 e. The van der Waals surface area contributed by atoms with E-state index in [0.717, 1.165) is 34.1 Å². The van der Waals surface area contributed by atoms with Crippen molar-refractivity contribution in [1.29, 1.82) is 0 Å². The molecular weight excluding hydrogens is 641 g/mol. The third kappa shape index (κ3) is 5.59. The number of fused-ring (bicyclic) bond motifs is 3. The molecule has 0 fully saturated rings. The number of anilines is 3. The summed E-state index contributed by atoms with van der Waals surface area (Å²) in [6.45, 7) is 13.6. The van der Waals surface area contributed by atoms with E-state index >= 15 is 0 Å². The molecule has 0 N–H and O–H groups in total. The van der Waals surface area contributed by atoms with Gasteiger partial charge in [-0.1, -0.05) is 147 Å². The maximum absolute atomic E-state index is 6.93. The highest BCUT2D eigenvalue weighted by molar-refractivity contribution is 6.98. The Balaban J connectivity index is 1.22. The molecule has 0 saturated heterocycles. The second-order valence-electron chi connectivity index (χ2n) is 14.9. The molecule has 8 aromatic rings. The van der Waals surface area contributed by atoms with Crippen LogP contribution >= 0.6 is 0 Å². The number of ether oxygens (including phenoxy) is 1. The van der Waals surface area contributed by atoms with E-state index in [1.54, 1.807) is 0 Å². The summed E-state index contributed by atoms with van der Waals surface area (Å²) >= 11 is 0. The molecule has 256 valence electrons. The zero-order chi connectivity index (χ0) is 36.4. The number of rotatable bonds is 6. The summed E-state index contributed by atoms with van der Waals surface area (Å²) in [6, 6.07) is 53.2. The Bertz CT molecular complexity index is 2630. The minimum absolute atomic E-state index is 0.0747. The topological polar surface area (TPSA) is 12.5 Å². The van der Waals surface area contributed by atoms with Gasteiger partial charge >= 0.3 is 0 Å². The Morgan fingerprint density at radius 3 is 1.70 bits per heavy atom. The van der Waals surface area contributed by atoms with Crippen LogP contribution in [0.5, 0.6) is 11.5 Å². The van der Waals surface area contributed by atoms with Gasteiger partial charge in [0, 0.05) is 34.1 Å². The van der Waals surface area contributed by atoms with E-state index < -0.39 is 0 Å². The number of nitrogens with zero attached hydrogens (tertiary/aromatic N) is 1. The van der Waals surface area contributed by atoms with Crippen LogP contribution in [0.4, 0.5) is 17.1 Å². The Morgan fingerprint density at radius 2 is 1.02 bits per heavy atom. The third-order valence-electron chi connectivity index (χ3n) is 11.1. The average Bonchev–Trinajstić information content (AvgIpc) is 3.14. The molecule has 2 nitrogen and oxygen atoms in total. The Morgan fingerprint density at radius 1 is 0.434 bits per heavy atom. The largest absolute Gasteiger partial charge is 0.456 e. The lowest BCUT2D eigenvalue weighted by atomic mass is 9.33. The van der Waals surface area contributed by atoms with Crippen LogP contribution in [0.25, 0.3) is 32.7 Å². The average molecular weight is 684 g/mol. The van der Waals surface area contributed by atoms with Crippen LogP contribution < -0.4 is 26.0 Å². The van der Waals surface area contributed by atoms with E-state index in [-0.39, 0.29) is 6.71 Å². The number of benzene rings is 8. The van der Waals surface area contributed by atoms with Gasteiger partial charge in [0.1, 0.15) is 11.5 Å². The second kappa shape index (κ2) is 12.9. The number of para-hydroxylation sites is 1.